The topological polar surface area (TPSA) is 21.3 Å². The van der Waals surface area contributed by atoms with E-state index in [-0.39, 0.29) is 5.82 Å². The lowest BCUT2D eigenvalue weighted by molar-refractivity contribution is 0.415. The Morgan fingerprint density at radius 2 is 1.90 bits per heavy atom. The zero-order valence-corrected chi connectivity index (χ0v) is 13.2. The molecule has 0 aliphatic heterocycles. The van der Waals surface area contributed by atoms with E-state index >= 15 is 0 Å². The van der Waals surface area contributed by atoms with Crippen LogP contribution in [0.2, 0.25) is 5.02 Å². The van der Waals surface area contributed by atoms with Crippen molar-refractivity contribution in [1.29, 1.82) is 0 Å². The highest BCUT2D eigenvalue weighted by atomic mass is 35.5. The summed E-state index contributed by atoms with van der Waals surface area (Å²) in [4.78, 5) is 0. The molecule has 2 rings (SSSR count). The molecule has 0 aromatic heterocycles. The van der Waals surface area contributed by atoms with Gasteiger partial charge in [-0.2, -0.15) is 0 Å². The quantitative estimate of drug-likeness (QED) is 0.868. The van der Waals surface area contributed by atoms with Crippen LogP contribution in [0.5, 0.6) is 5.75 Å². The second kappa shape index (κ2) is 6.92. The highest BCUT2D eigenvalue weighted by Crippen LogP contribution is 2.34. The van der Waals surface area contributed by atoms with Gasteiger partial charge in [0.25, 0.3) is 0 Å². The molecule has 112 valence electrons. The van der Waals surface area contributed by atoms with Gasteiger partial charge in [0.1, 0.15) is 11.6 Å². The van der Waals surface area contributed by atoms with Crippen molar-refractivity contribution in [3.63, 3.8) is 0 Å². The molecular weight excluding hydrogens is 289 g/mol. The predicted octanol–water partition coefficient (Wildman–Crippen LogP) is 4.65. The van der Waals surface area contributed by atoms with E-state index < -0.39 is 0 Å². The van der Waals surface area contributed by atoms with Crippen molar-refractivity contribution >= 4 is 11.6 Å². The Morgan fingerprint density at radius 3 is 2.57 bits per heavy atom. The van der Waals surface area contributed by atoms with Crippen LogP contribution in [0.25, 0.3) is 11.1 Å². The Bertz CT molecular complexity index is 628. The van der Waals surface area contributed by atoms with E-state index in [1.807, 2.05) is 12.1 Å². The first-order valence-electron chi connectivity index (χ1n) is 6.87. The van der Waals surface area contributed by atoms with E-state index in [9.17, 15) is 4.39 Å². The lowest BCUT2D eigenvalue weighted by Gasteiger charge is -2.15. The summed E-state index contributed by atoms with van der Waals surface area (Å²) in [5.41, 5.74) is 2.67. The molecule has 2 aromatic carbocycles. The standard InChI is InChI=1S/C17H19ClFNO/c1-11(2)20-10-12-8-13(18)4-6-15(12)16-9-14(19)5-7-17(16)21-3/h4-9,11,20H,10H2,1-3H3. The molecule has 0 heterocycles. The maximum Gasteiger partial charge on any atom is 0.126 e. The van der Waals surface area contributed by atoms with E-state index in [4.69, 9.17) is 16.3 Å². The summed E-state index contributed by atoms with van der Waals surface area (Å²) in [7, 11) is 1.58. The molecule has 0 bridgehead atoms. The van der Waals surface area contributed by atoms with Crippen LogP contribution in [-0.2, 0) is 6.54 Å². The summed E-state index contributed by atoms with van der Waals surface area (Å²) in [6.07, 6.45) is 0. The smallest absolute Gasteiger partial charge is 0.126 e. The third-order valence-corrected chi connectivity index (χ3v) is 3.45. The summed E-state index contributed by atoms with van der Waals surface area (Å²) in [5.74, 6) is 0.355. The molecule has 0 aliphatic rings. The molecule has 0 amide bonds. The first kappa shape index (κ1) is 15.8. The minimum absolute atomic E-state index is 0.288. The largest absolute Gasteiger partial charge is 0.496 e. The van der Waals surface area contributed by atoms with Crippen LogP contribution >= 0.6 is 11.6 Å². The zero-order chi connectivity index (χ0) is 15.4. The van der Waals surface area contributed by atoms with Gasteiger partial charge >= 0.3 is 0 Å². The van der Waals surface area contributed by atoms with Gasteiger partial charge in [0.15, 0.2) is 0 Å². The fourth-order valence-electron chi connectivity index (χ4n) is 2.18. The molecule has 1 N–H and O–H groups in total. The van der Waals surface area contributed by atoms with Crippen molar-refractivity contribution in [2.45, 2.75) is 26.4 Å². The lowest BCUT2D eigenvalue weighted by Crippen LogP contribution is -2.22. The number of nitrogens with one attached hydrogen (secondary N) is 1. The van der Waals surface area contributed by atoms with E-state index in [0.717, 1.165) is 16.7 Å². The maximum atomic E-state index is 13.6. The lowest BCUT2D eigenvalue weighted by atomic mass is 9.98. The molecule has 2 nitrogen and oxygen atoms in total. The van der Waals surface area contributed by atoms with Crippen molar-refractivity contribution in [1.82, 2.24) is 5.32 Å². The van der Waals surface area contributed by atoms with Gasteiger partial charge < -0.3 is 10.1 Å². The molecule has 0 saturated heterocycles. The summed E-state index contributed by atoms with van der Waals surface area (Å²) in [6, 6.07) is 10.5. The SMILES string of the molecule is COc1ccc(F)cc1-c1ccc(Cl)cc1CNC(C)C. The average molecular weight is 308 g/mol. The Hall–Kier alpha value is -1.58. The normalized spacial score (nSPS) is 11.0. The first-order chi connectivity index (χ1) is 10.0. The molecular formula is C17H19ClFNO. The van der Waals surface area contributed by atoms with Gasteiger partial charge in [0.2, 0.25) is 0 Å². The summed E-state index contributed by atoms with van der Waals surface area (Å²) < 4.78 is 18.9. The fraction of sp³-hybridized carbons (Fsp3) is 0.294. The number of benzene rings is 2. The minimum atomic E-state index is -0.288. The third kappa shape index (κ3) is 3.96. The van der Waals surface area contributed by atoms with Crippen molar-refractivity contribution in [3.05, 3.63) is 52.8 Å². The Morgan fingerprint density at radius 1 is 1.14 bits per heavy atom. The number of halogens is 2. The fourth-order valence-corrected chi connectivity index (χ4v) is 2.37. The van der Waals surface area contributed by atoms with Gasteiger partial charge in [0.05, 0.1) is 7.11 Å². The van der Waals surface area contributed by atoms with Crippen LogP contribution in [0.3, 0.4) is 0 Å². The van der Waals surface area contributed by atoms with E-state index in [1.54, 1.807) is 19.2 Å². The van der Waals surface area contributed by atoms with Gasteiger partial charge in [-0.25, -0.2) is 4.39 Å². The summed E-state index contributed by atoms with van der Waals surface area (Å²) >= 11 is 6.09. The first-order valence-corrected chi connectivity index (χ1v) is 7.24. The predicted molar refractivity (Wildman–Crippen MR) is 85.4 cm³/mol. The molecule has 0 spiro atoms. The van der Waals surface area contributed by atoms with Crippen LogP contribution < -0.4 is 10.1 Å². The Labute approximate surface area is 129 Å². The van der Waals surface area contributed by atoms with Gasteiger partial charge in [-0.1, -0.05) is 31.5 Å². The van der Waals surface area contributed by atoms with E-state index in [0.29, 0.717) is 23.4 Å². The van der Waals surface area contributed by atoms with E-state index in [1.165, 1.54) is 12.1 Å². The minimum Gasteiger partial charge on any atom is -0.496 e. The number of rotatable bonds is 5. The maximum absolute atomic E-state index is 13.6. The van der Waals surface area contributed by atoms with Gasteiger partial charge in [-0.05, 0) is 41.5 Å². The van der Waals surface area contributed by atoms with Crippen LogP contribution in [0, 0.1) is 5.82 Å². The van der Waals surface area contributed by atoms with Gasteiger partial charge in [-0.15, -0.1) is 0 Å². The van der Waals surface area contributed by atoms with Crippen LogP contribution in [-0.4, -0.2) is 13.2 Å². The second-order valence-corrected chi connectivity index (χ2v) is 5.62. The molecule has 0 unspecified atom stereocenters. The highest BCUT2D eigenvalue weighted by Gasteiger charge is 2.12. The molecule has 2 aromatic rings. The van der Waals surface area contributed by atoms with Crippen LogP contribution in [0.1, 0.15) is 19.4 Å². The van der Waals surface area contributed by atoms with Crippen molar-refractivity contribution in [3.8, 4) is 16.9 Å². The number of methoxy groups -OCH3 is 1. The molecule has 21 heavy (non-hydrogen) atoms. The monoisotopic (exact) mass is 307 g/mol. The molecule has 0 saturated carbocycles. The summed E-state index contributed by atoms with van der Waals surface area (Å²) in [6.45, 7) is 4.81. The average Bonchev–Trinajstić information content (AvgIpc) is 2.45. The second-order valence-electron chi connectivity index (χ2n) is 5.18. The van der Waals surface area contributed by atoms with Crippen molar-refractivity contribution in [2.75, 3.05) is 7.11 Å². The molecule has 0 aliphatic carbocycles. The van der Waals surface area contributed by atoms with Gasteiger partial charge in [0, 0.05) is 23.2 Å². The number of hydrogen-bond acceptors (Lipinski definition) is 2. The number of ether oxygens (including phenoxy) is 1. The Balaban J connectivity index is 2.50. The summed E-state index contributed by atoms with van der Waals surface area (Å²) in [5, 5.41) is 4.02. The third-order valence-electron chi connectivity index (χ3n) is 3.22. The number of hydrogen-bond donors (Lipinski definition) is 1. The van der Waals surface area contributed by atoms with Crippen molar-refractivity contribution < 1.29 is 9.13 Å². The van der Waals surface area contributed by atoms with Crippen LogP contribution in [0.15, 0.2) is 36.4 Å². The zero-order valence-electron chi connectivity index (χ0n) is 12.4. The van der Waals surface area contributed by atoms with Crippen LogP contribution in [0.4, 0.5) is 4.39 Å². The molecule has 0 radical (unpaired) electrons. The van der Waals surface area contributed by atoms with E-state index in [2.05, 4.69) is 19.2 Å². The van der Waals surface area contributed by atoms with Gasteiger partial charge in [-0.3, -0.25) is 0 Å². The molecule has 0 atom stereocenters. The highest BCUT2D eigenvalue weighted by molar-refractivity contribution is 6.30. The van der Waals surface area contributed by atoms with Crippen molar-refractivity contribution in [2.24, 2.45) is 0 Å². The molecule has 4 heteroatoms. The Kier molecular flexibility index (Phi) is 5.21. The molecule has 0 fully saturated rings.